The van der Waals surface area contributed by atoms with Crippen molar-refractivity contribution in [2.45, 2.75) is 49.9 Å². The molecule has 0 radical (unpaired) electrons. The molecule has 0 atom stereocenters. The Kier molecular flexibility index (Phi) is 1.50. The van der Waals surface area contributed by atoms with E-state index in [2.05, 4.69) is 5.32 Å². The fourth-order valence-corrected chi connectivity index (χ4v) is 2.43. The zero-order chi connectivity index (χ0) is 7.95. The van der Waals surface area contributed by atoms with Crippen LogP contribution in [0.5, 0.6) is 0 Å². The summed E-state index contributed by atoms with van der Waals surface area (Å²) in [5, 5.41) is 3.36. The molecule has 0 aromatic carbocycles. The Hall–Kier alpha value is -0.120. The minimum absolute atomic E-state index is 0.134. The first-order valence-corrected chi connectivity index (χ1v) is 4.49. The zero-order valence-electron chi connectivity index (χ0n) is 6.90. The molecule has 2 aliphatic heterocycles. The van der Waals surface area contributed by atoms with Crippen LogP contribution in [-0.4, -0.2) is 11.3 Å². The molecule has 2 aliphatic rings. The molecule has 11 heavy (non-hydrogen) atoms. The Bertz CT molecular complexity index is 141. The van der Waals surface area contributed by atoms with Crippen LogP contribution >= 0.6 is 0 Å². The maximum Gasteiger partial charge on any atom is 0.0675 e. The standard InChI is InChI=1S/C8H17N3/c9-7-3-1-4-8(10,11-7)6-2-5-7/h11H,1-6,9-10H2. The molecule has 0 amide bonds. The monoisotopic (exact) mass is 155 g/mol. The van der Waals surface area contributed by atoms with Crippen molar-refractivity contribution in [3.8, 4) is 0 Å². The smallest absolute Gasteiger partial charge is 0.0675 e. The van der Waals surface area contributed by atoms with Crippen molar-refractivity contribution >= 4 is 0 Å². The van der Waals surface area contributed by atoms with Crippen molar-refractivity contribution in [3.05, 3.63) is 0 Å². The summed E-state index contributed by atoms with van der Waals surface area (Å²) in [6, 6.07) is 0. The molecule has 64 valence electrons. The van der Waals surface area contributed by atoms with E-state index in [1.165, 1.54) is 12.8 Å². The highest BCUT2D eigenvalue weighted by atomic mass is 15.2. The van der Waals surface area contributed by atoms with Gasteiger partial charge in [0.15, 0.2) is 0 Å². The largest absolute Gasteiger partial charge is 0.313 e. The maximum atomic E-state index is 6.09. The number of rotatable bonds is 0. The zero-order valence-corrected chi connectivity index (χ0v) is 6.90. The van der Waals surface area contributed by atoms with Gasteiger partial charge < -0.3 is 11.5 Å². The van der Waals surface area contributed by atoms with Gasteiger partial charge in [0.2, 0.25) is 0 Å². The summed E-state index contributed by atoms with van der Waals surface area (Å²) < 4.78 is 0. The molecular weight excluding hydrogens is 138 g/mol. The Morgan fingerprint density at radius 1 is 0.818 bits per heavy atom. The summed E-state index contributed by atoms with van der Waals surface area (Å²) in [5.74, 6) is 0. The lowest BCUT2D eigenvalue weighted by molar-refractivity contribution is 0.0763. The highest BCUT2D eigenvalue weighted by Gasteiger charge is 2.42. The van der Waals surface area contributed by atoms with Gasteiger partial charge in [0.05, 0.1) is 11.3 Å². The fraction of sp³-hybridized carbons (Fsp3) is 1.00. The van der Waals surface area contributed by atoms with Crippen molar-refractivity contribution in [3.63, 3.8) is 0 Å². The van der Waals surface area contributed by atoms with Crippen molar-refractivity contribution in [2.24, 2.45) is 11.5 Å². The van der Waals surface area contributed by atoms with Crippen LogP contribution in [0.25, 0.3) is 0 Å². The predicted molar refractivity (Wildman–Crippen MR) is 44.7 cm³/mol. The topological polar surface area (TPSA) is 64.1 Å². The van der Waals surface area contributed by atoms with Crippen molar-refractivity contribution in [2.75, 3.05) is 0 Å². The van der Waals surface area contributed by atoms with E-state index < -0.39 is 0 Å². The molecule has 0 spiro atoms. The normalized spacial score (nSPS) is 50.7. The lowest BCUT2D eigenvalue weighted by Crippen LogP contribution is -2.71. The molecule has 0 saturated carbocycles. The van der Waals surface area contributed by atoms with E-state index in [0.717, 1.165) is 25.7 Å². The second-order valence-electron chi connectivity index (χ2n) is 4.14. The van der Waals surface area contributed by atoms with E-state index in [-0.39, 0.29) is 11.3 Å². The number of nitrogens with one attached hydrogen (secondary N) is 1. The number of nitrogens with two attached hydrogens (primary N) is 2. The molecule has 2 saturated heterocycles. The van der Waals surface area contributed by atoms with Gasteiger partial charge >= 0.3 is 0 Å². The van der Waals surface area contributed by atoms with E-state index in [1.54, 1.807) is 0 Å². The number of piperidine rings is 2. The van der Waals surface area contributed by atoms with Crippen LogP contribution in [0.15, 0.2) is 0 Å². The molecule has 3 nitrogen and oxygen atoms in total. The van der Waals surface area contributed by atoms with Gasteiger partial charge in [-0.25, -0.2) is 0 Å². The van der Waals surface area contributed by atoms with Crippen molar-refractivity contribution in [1.29, 1.82) is 0 Å². The third kappa shape index (κ3) is 1.28. The summed E-state index contributed by atoms with van der Waals surface area (Å²) in [7, 11) is 0. The lowest BCUT2D eigenvalue weighted by atomic mass is 9.79. The van der Waals surface area contributed by atoms with Crippen molar-refractivity contribution < 1.29 is 0 Å². The Balaban J connectivity index is 2.16. The molecule has 0 unspecified atom stereocenters. The summed E-state index contributed by atoms with van der Waals surface area (Å²) in [4.78, 5) is 0. The average molecular weight is 155 g/mol. The second kappa shape index (κ2) is 2.19. The number of hydrogen-bond acceptors (Lipinski definition) is 3. The minimum atomic E-state index is -0.134. The first kappa shape index (κ1) is 7.53. The molecule has 2 fully saturated rings. The number of hydrogen-bond donors (Lipinski definition) is 3. The van der Waals surface area contributed by atoms with Gasteiger partial charge in [-0.05, 0) is 38.5 Å². The minimum Gasteiger partial charge on any atom is -0.313 e. The van der Waals surface area contributed by atoms with E-state index in [9.17, 15) is 0 Å². The summed E-state index contributed by atoms with van der Waals surface area (Å²) >= 11 is 0. The second-order valence-corrected chi connectivity index (χ2v) is 4.14. The summed E-state index contributed by atoms with van der Waals surface area (Å²) in [6.07, 6.45) is 6.72. The molecule has 2 heterocycles. The molecule has 0 aromatic rings. The maximum absolute atomic E-state index is 6.09. The van der Waals surface area contributed by atoms with Gasteiger partial charge in [0.25, 0.3) is 0 Å². The average Bonchev–Trinajstić information content (AvgIpc) is 1.83. The molecular formula is C8H17N3. The SMILES string of the molecule is NC12CCCC(N)(CCC1)N2. The molecule has 3 heteroatoms. The first-order valence-electron chi connectivity index (χ1n) is 4.49. The van der Waals surface area contributed by atoms with Crippen LogP contribution in [0.3, 0.4) is 0 Å². The van der Waals surface area contributed by atoms with Crippen LogP contribution in [-0.2, 0) is 0 Å². The van der Waals surface area contributed by atoms with Crippen LogP contribution in [0.4, 0.5) is 0 Å². The predicted octanol–water partition coefficient (Wildman–Crippen LogP) is 0.254. The van der Waals surface area contributed by atoms with Crippen LogP contribution in [0.2, 0.25) is 0 Å². The van der Waals surface area contributed by atoms with Gasteiger partial charge in [-0.3, -0.25) is 5.32 Å². The number of fused-ring (bicyclic) bond motifs is 2. The molecule has 2 rings (SSSR count). The molecule has 2 bridgehead atoms. The molecule has 0 aliphatic carbocycles. The highest BCUT2D eigenvalue weighted by Crippen LogP contribution is 2.34. The Morgan fingerprint density at radius 2 is 1.18 bits per heavy atom. The third-order valence-electron chi connectivity index (χ3n) is 2.99. The summed E-state index contributed by atoms with van der Waals surface area (Å²) in [6.45, 7) is 0. The van der Waals surface area contributed by atoms with Gasteiger partial charge in [0, 0.05) is 0 Å². The third-order valence-corrected chi connectivity index (χ3v) is 2.99. The van der Waals surface area contributed by atoms with Crippen LogP contribution in [0.1, 0.15) is 38.5 Å². The highest BCUT2D eigenvalue weighted by molar-refractivity contribution is 5.00. The van der Waals surface area contributed by atoms with Crippen LogP contribution < -0.4 is 16.8 Å². The van der Waals surface area contributed by atoms with E-state index in [4.69, 9.17) is 11.5 Å². The fourth-order valence-electron chi connectivity index (χ4n) is 2.43. The van der Waals surface area contributed by atoms with Crippen LogP contribution in [0, 0.1) is 0 Å². The van der Waals surface area contributed by atoms with Crippen molar-refractivity contribution in [1.82, 2.24) is 5.32 Å². The van der Waals surface area contributed by atoms with Gasteiger partial charge in [-0.2, -0.15) is 0 Å². The molecule has 5 N–H and O–H groups in total. The Labute approximate surface area is 67.5 Å². The van der Waals surface area contributed by atoms with E-state index >= 15 is 0 Å². The first-order chi connectivity index (χ1) is 5.12. The van der Waals surface area contributed by atoms with E-state index in [1.807, 2.05) is 0 Å². The lowest BCUT2D eigenvalue weighted by Gasteiger charge is -2.50. The summed E-state index contributed by atoms with van der Waals surface area (Å²) in [5.41, 5.74) is 11.9. The van der Waals surface area contributed by atoms with Gasteiger partial charge in [-0.1, -0.05) is 0 Å². The Morgan fingerprint density at radius 3 is 1.45 bits per heavy atom. The van der Waals surface area contributed by atoms with Gasteiger partial charge in [-0.15, -0.1) is 0 Å². The van der Waals surface area contributed by atoms with E-state index in [0.29, 0.717) is 0 Å². The molecule has 0 aromatic heterocycles. The quantitative estimate of drug-likeness (QED) is 0.470. The van der Waals surface area contributed by atoms with Gasteiger partial charge in [0.1, 0.15) is 0 Å².